The molecule has 0 aromatic carbocycles. The van der Waals surface area contributed by atoms with E-state index in [1.165, 1.54) is 0 Å². The van der Waals surface area contributed by atoms with E-state index in [2.05, 4.69) is 25.8 Å². The van der Waals surface area contributed by atoms with Crippen LogP contribution in [0.4, 0.5) is 11.8 Å². The summed E-state index contributed by atoms with van der Waals surface area (Å²) in [5, 5.41) is 13.1. The van der Waals surface area contributed by atoms with Crippen molar-refractivity contribution >= 4 is 33.3 Å². The summed E-state index contributed by atoms with van der Waals surface area (Å²) in [6, 6.07) is 3.84. The quantitative estimate of drug-likeness (QED) is 0.745. The highest BCUT2D eigenvalue weighted by molar-refractivity contribution is 7.16. The molecule has 0 spiro atoms. The van der Waals surface area contributed by atoms with Crippen molar-refractivity contribution in [3.05, 3.63) is 29.5 Å². The Hall–Kier alpha value is -2.15. The summed E-state index contributed by atoms with van der Waals surface area (Å²) in [6.45, 7) is 3.36. The number of hydrogen-bond acceptors (Lipinski definition) is 7. The average Bonchev–Trinajstić information content (AvgIpc) is 3.07. The minimum Gasteiger partial charge on any atom is -0.362 e. The minimum atomic E-state index is 0.549. The van der Waals surface area contributed by atoms with Gasteiger partial charge < -0.3 is 15.2 Å². The van der Waals surface area contributed by atoms with E-state index >= 15 is 0 Å². The van der Waals surface area contributed by atoms with Gasteiger partial charge in [0, 0.05) is 12.6 Å². The first-order chi connectivity index (χ1) is 9.36. The summed E-state index contributed by atoms with van der Waals surface area (Å²) in [4.78, 5) is 9.89. The zero-order valence-electron chi connectivity index (χ0n) is 10.4. The Kier molecular flexibility index (Phi) is 3.28. The maximum atomic E-state index is 5.06. The molecule has 19 heavy (non-hydrogen) atoms. The predicted molar refractivity (Wildman–Crippen MR) is 75.4 cm³/mol. The van der Waals surface area contributed by atoms with Gasteiger partial charge in [0.1, 0.15) is 10.6 Å². The van der Waals surface area contributed by atoms with Crippen LogP contribution in [0.2, 0.25) is 0 Å². The molecule has 0 amide bonds. The molecule has 0 unspecified atom stereocenters. The molecule has 0 saturated carbocycles. The summed E-state index contributed by atoms with van der Waals surface area (Å²) < 4.78 is 5.06. The van der Waals surface area contributed by atoms with Crippen molar-refractivity contribution < 1.29 is 4.52 Å². The fourth-order valence-electron chi connectivity index (χ4n) is 1.73. The van der Waals surface area contributed by atoms with Crippen LogP contribution in [0.25, 0.3) is 10.2 Å². The van der Waals surface area contributed by atoms with Crippen molar-refractivity contribution in [1.29, 1.82) is 0 Å². The first-order valence-corrected chi connectivity index (χ1v) is 6.87. The van der Waals surface area contributed by atoms with E-state index in [-0.39, 0.29) is 0 Å². The van der Waals surface area contributed by atoms with Gasteiger partial charge in [-0.25, -0.2) is 4.98 Å². The lowest BCUT2D eigenvalue weighted by atomic mass is 10.3. The van der Waals surface area contributed by atoms with Gasteiger partial charge in [-0.2, -0.15) is 4.98 Å². The van der Waals surface area contributed by atoms with Crippen LogP contribution >= 0.6 is 11.3 Å². The summed E-state index contributed by atoms with van der Waals surface area (Å²) in [7, 11) is 0. The minimum absolute atomic E-state index is 0.549. The average molecular weight is 275 g/mol. The van der Waals surface area contributed by atoms with Gasteiger partial charge in [-0.3, -0.25) is 0 Å². The maximum Gasteiger partial charge on any atom is 0.226 e. The Morgan fingerprint density at radius 1 is 1.26 bits per heavy atom. The zero-order valence-corrected chi connectivity index (χ0v) is 11.2. The van der Waals surface area contributed by atoms with Crippen LogP contribution in [-0.4, -0.2) is 21.7 Å². The fourth-order valence-corrected chi connectivity index (χ4v) is 2.50. The molecule has 3 heterocycles. The Balaban J connectivity index is 1.89. The number of fused-ring (bicyclic) bond motifs is 1. The Labute approximate surface area is 113 Å². The molecule has 98 valence electrons. The molecule has 7 heteroatoms. The molecule has 3 rings (SSSR count). The van der Waals surface area contributed by atoms with Crippen LogP contribution < -0.4 is 10.6 Å². The summed E-state index contributed by atoms with van der Waals surface area (Å²) in [5.41, 5.74) is 0. The normalized spacial score (nSPS) is 10.8. The molecule has 0 aliphatic heterocycles. The predicted octanol–water partition coefficient (Wildman–Crippen LogP) is 2.72. The van der Waals surface area contributed by atoms with Crippen LogP contribution in [0, 0.1) is 0 Å². The fraction of sp³-hybridized carbons (Fsp3) is 0.250. The number of anilines is 2. The molecular formula is C12H13N5OS. The lowest BCUT2D eigenvalue weighted by molar-refractivity contribution is 0.388. The molecule has 0 fully saturated rings. The third-order valence-corrected chi connectivity index (χ3v) is 3.39. The van der Waals surface area contributed by atoms with Gasteiger partial charge in [0.2, 0.25) is 5.95 Å². The summed E-state index contributed by atoms with van der Waals surface area (Å²) in [5.74, 6) is 2.21. The van der Waals surface area contributed by atoms with Gasteiger partial charge >= 0.3 is 0 Å². The first-order valence-electron chi connectivity index (χ1n) is 5.99. The largest absolute Gasteiger partial charge is 0.362 e. The van der Waals surface area contributed by atoms with E-state index in [1.54, 1.807) is 17.5 Å². The molecule has 3 aromatic rings. The Morgan fingerprint density at radius 3 is 3.00 bits per heavy atom. The highest BCUT2D eigenvalue weighted by Gasteiger charge is 2.09. The highest BCUT2D eigenvalue weighted by atomic mass is 32.1. The monoisotopic (exact) mass is 275 g/mol. The highest BCUT2D eigenvalue weighted by Crippen LogP contribution is 2.26. The molecular weight excluding hydrogens is 262 g/mol. The van der Waals surface area contributed by atoms with Gasteiger partial charge in [0.25, 0.3) is 0 Å². The van der Waals surface area contributed by atoms with Gasteiger partial charge in [-0.15, -0.1) is 11.3 Å². The number of aromatic nitrogens is 3. The van der Waals surface area contributed by atoms with Crippen LogP contribution in [0.5, 0.6) is 0 Å². The molecule has 0 aliphatic carbocycles. The molecule has 0 bridgehead atoms. The summed E-state index contributed by atoms with van der Waals surface area (Å²) in [6.07, 6.45) is 1.63. The molecule has 6 nitrogen and oxygen atoms in total. The van der Waals surface area contributed by atoms with E-state index in [4.69, 9.17) is 4.52 Å². The van der Waals surface area contributed by atoms with Crippen molar-refractivity contribution in [3.8, 4) is 0 Å². The topological polar surface area (TPSA) is 75.9 Å². The van der Waals surface area contributed by atoms with Gasteiger partial charge in [-0.05, 0) is 18.4 Å². The lowest BCUT2D eigenvalue weighted by Gasteiger charge is -2.07. The number of nitrogens with one attached hydrogen (secondary N) is 2. The van der Waals surface area contributed by atoms with Crippen molar-refractivity contribution in [3.63, 3.8) is 0 Å². The lowest BCUT2D eigenvalue weighted by Crippen LogP contribution is -2.06. The van der Waals surface area contributed by atoms with Crippen LogP contribution in [0.1, 0.15) is 12.7 Å². The van der Waals surface area contributed by atoms with Crippen molar-refractivity contribution in [2.45, 2.75) is 13.5 Å². The van der Waals surface area contributed by atoms with Crippen molar-refractivity contribution in [1.82, 2.24) is 15.1 Å². The second-order valence-corrected chi connectivity index (χ2v) is 4.79. The van der Waals surface area contributed by atoms with E-state index in [0.717, 1.165) is 28.3 Å². The number of thiophene rings is 1. The maximum absolute atomic E-state index is 5.06. The molecule has 0 radical (unpaired) electrons. The van der Waals surface area contributed by atoms with Crippen LogP contribution in [0.3, 0.4) is 0 Å². The number of hydrogen-bond donors (Lipinski definition) is 2. The van der Waals surface area contributed by atoms with E-state index < -0.39 is 0 Å². The third kappa shape index (κ3) is 2.50. The molecule has 0 aliphatic rings. The standard InChI is InChI=1S/C12H13N5OS/c1-2-13-12-16-10(9-4-6-19-11(9)17-12)14-7-8-3-5-15-18-8/h3-6H,2,7H2,1H3,(H2,13,14,16,17). The van der Waals surface area contributed by atoms with E-state index in [9.17, 15) is 0 Å². The smallest absolute Gasteiger partial charge is 0.226 e. The Bertz CT molecular complexity index is 664. The zero-order chi connectivity index (χ0) is 13.1. The number of rotatable bonds is 5. The number of nitrogens with zero attached hydrogens (tertiary/aromatic N) is 3. The molecule has 0 atom stereocenters. The van der Waals surface area contributed by atoms with Crippen LogP contribution in [0.15, 0.2) is 28.2 Å². The SMILES string of the molecule is CCNc1nc(NCc2ccno2)c2ccsc2n1. The molecule has 2 N–H and O–H groups in total. The van der Waals surface area contributed by atoms with E-state index in [0.29, 0.717) is 12.5 Å². The second kappa shape index (κ2) is 5.23. The van der Waals surface area contributed by atoms with Gasteiger partial charge in [-0.1, -0.05) is 5.16 Å². The molecule has 3 aromatic heterocycles. The molecule has 0 saturated heterocycles. The first kappa shape index (κ1) is 11.9. The van der Waals surface area contributed by atoms with Crippen LogP contribution in [-0.2, 0) is 6.54 Å². The Morgan fingerprint density at radius 2 is 2.21 bits per heavy atom. The van der Waals surface area contributed by atoms with Crippen molar-refractivity contribution in [2.24, 2.45) is 0 Å². The third-order valence-electron chi connectivity index (χ3n) is 2.58. The summed E-state index contributed by atoms with van der Waals surface area (Å²) >= 11 is 1.60. The van der Waals surface area contributed by atoms with Gasteiger partial charge in [0.05, 0.1) is 18.1 Å². The van der Waals surface area contributed by atoms with Gasteiger partial charge in [0.15, 0.2) is 5.76 Å². The second-order valence-electron chi connectivity index (χ2n) is 3.90. The van der Waals surface area contributed by atoms with Crippen molar-refractivity contribution in [2.75, 3.05) is 17.2 Å². The van der Waals surface area contributed by atoms with E-state index in [1.807, 2.05) is 24.4 Å².